The van der Waals surface area contributed by atoms with Gasteiger partial charge in [0.2, 0.25) is 0 Å². The van der Waals surface area contributed by atoms with E-state index < -0.39 is 4.92 Å². The number of thioether (sulfide) groups is 1. The lowest BCUT2D eigenvalue weighted by Crippen LogP contribution is -1.85. The highest BCUT2D eigenvalue weighted by Gasteiger charge is 2.16. The molecule has 2 heterocycles. The normalized spacial score (nSPS) is 10.6. The molecule has 2 rings (SSSR count). The molecule has 0 N–H and O–H groups in total. The fourth-order valence-electron chi connectivity index (χ4n) is 0.989. The molecule has 0 aromatic carbocycles. The summed E-state index contributed by atoms with van der Waals surface area (Å²) in [6.45, 7) is 0. The van der Waals surface area contributed by atoms with Gasteiger partial charge in [0.1, 0.15) is 5.01 Å². The van der Waals surface area contributed by atoms with Gasteiger partial charge in [-0.3, -0.25) is 0 Å². The van der Waals surface area contributed by atoms with Gasteiger partial charge in [0, 0.05) is 0 Å². The lowest BCUT2D eigenvalue weighted by atomic mass is 10.5. The summed E-state index contributed by atoms with van der Waals surface area (Å²) in [5.41, 5.74) is 0. The first kappa shape index (κ1) is 11.4. The highest BCUT2D eigenvalue weighted by molar-refractivity contribution is 8.00. The van der Waals surface area contributed by atoms with Crippen molar-refractivity contribution in [1.29, 1.82) is 0 Å². The van der Waals surface area contributed by atoms with Crippen molar-refractivity contribution < 1.29 is 4.92 Å². The smallest absolute Gasteiger partial charge is 0.357 e. The Morgan fingerprint density at radius 2 is 2.25 bits per heavy atom. The molecule has 84 valence electrons. The van der Waals surface area contributed by atoms with E-state index in [0.29, 0.717) is 11.4 Å². The molecule has 0 amide bonds. The fourth-order valence-corrected chi connectivity index (χ4v) is 3.17. The van der Waals surface area contributed by atoms with E-state index >= 15 is 0 Å². The zero-order chi connectivity index (χ0) is 11.5. The predicted octanol–water partition coefficient (Wildman–Crippen LogP) is 2.22. The van der Waals surface area contributed by atoms with Crippen molar-refractivity contribution in [3.05, 3.63) is 26.3 Å². The van der Waals surface area contributed by atoms with Crippen molar-refractivity contribution in [2.45, 2.75) is 10.6 Å². The van der Waals surface area contributed by atoms with Crippen LogP contribution in [0.3, 0.4) is 0 Å². The van der Waals surface area contributed by atoms with Gasteiger partial charge >= 0.3 is 5.13 Å². The van der Waals surface area contributed by atoms with E-state index in [9.17, 15) is 10.1 Å². The average Bonchev–Trinajstić information content (AvgIpc) is 2.87. The number of aromatic nitrogens is 3. The van der Waals surface area contributed by atoms with Crippen LogP contribution in [0.2, 0.25) is 0 Å². The third-order valence-electron chi connectivity index (χ3n) is 1.65. The molecule has 0 aliphatic heterocycles. The van der Waals surface area contributed by atoms with Gasteiger partial charge in [-0.25, -0.2) is 4.98 Å². The van der Waals surface area contributed by atoms with Crippen LogP contribution >= 0.6 is 34.4 Å². The Morgan fingerprint density at radius 1 is 1.44 bits per heavy atom. The van der Waals surface area contributed by atoms with Crippen LogP contribution < -0.4 is 0 Å². The van der Waals surface area contributed by atoms with E-state index in [-0.39, 0.29) is 5.13 Å². The van der Waals surface area contributed by atoms with Crippen molar-refractivity contribution >= 4 is 39.6 Å². The van der Waals surface area contributed by atoms with Gasteiger partial charge in [0.15, 0.2) is 5.01 Å². The quantitative estimate of drug-likeness (QED) is 0.483. The molecule has 0 fully saturated rings. The van der Waals surface area contributed by atoms with Gasteiger partial charge in [-0.05, 0) is 27.6 Å². The summed E-state index contributed by atoms with van der Waals surface area (Å²) in [6, 6.07) is 0. The summed E-state index contributed by atoms with van der Waals surface area (Å²) in [4.78, 5) is 14.1. The molecule has 16 heavy (non-hydrogen) atoms. The van der Waals surface area contributed by atoms with Gasteiger partial charge in [-0.2, -0.15) is 0 Å². The van der Waals surface area contributed by atoms with Crippen LogP contribution in [-0.2, 0) is 6.42 Å². The van der Waals surface area contributed by atoms with Gasteiger partial charge in [-0.15, -0.1) is 23.1 Å². The topological polar surface area (TPSA) is 81.8 Å². The minimum Gasteiger partial charge on any atom is -0.357 e. The van der Waals surface area contributed by atoms with E-state index in [1.165, 1.54) is 0 Å². The molecule has 0 radical (unpaired) electrons. The van der Waals surface area contributed by atoms with Crippen LogP contribution in [0.5, 0.6) is 0 Å². The van der Waals surface area contributed by atoms with Gasteiger partial charge in [0.05, 0.1) is 21.9 Å². The molecule has 0 bridgehead atoms. The molecule has 2 aromatic heterocycles. The van der Waals surface area contributed by atoms with Crippen molar-refractivity contribution in [2.75, 3.05) is 6.26 Å². The monoisotopic (exact) mass is 274 g/mol. The molecule has 0 saturated carbocycles. The zero-order valence-corrected chi connectivity index (χ0v) is 10.6. The fraction of sp³-hybridized carbons (Fsp3) is 0.286. The summed E-state index contributed by atoms with van der Waals surface area (Å²) in [7, 11) is 0. The Morgan fingerprint density at radius 3 is 2.81 bits per heavy atom. The van der Waals surface area contributed by atoms with Crippen LogP contribution in [-0.4, -0.2) is 26.4 Å². The van der Waals surface area contributed by atoms with Crippen LogP contribution in [0.25, 0.3) is 0 Å². The summed E-state index contributed by atoms with van der Waals surface area (Å²) >= 11 is 4.18. The minimum absolute atomic E-state index is 0.170. The molecule has 0 spiro atoms. The highest BCUT2D eigenvalue weighted by atomic mass is 32.2. The van der Waals surface area contributed by atoms with Crippen molar-refractivity contribution in [3.63, 3.8) is 0 Å². The Hall–Kier alpha value is -1.06. The van der Waals surface area contributed by atoms with Gasteiger partial charge in [0.25, 0.3) is 0 Å². The number of nitro groups is 1. The Kier molecular flexibility index (Phi) is 3.46. The SMILES string of the molecule is CSc1cnc(Cc2nnc([N+](=O)[O-])s2)s1. The van der Waals surface area contributed by atoms with Crippen molar-refractivity contribution in [3.8, 4) is 0 Å². The third kappa shape index (κ3) is 2.54. The maximum atomic E-state index is 10.4. The Labute approximate surface area is 103 Å². The molecule has 9 heteroatoms. The van der Waals surface area contributed by atoms with Crippen molar-refractivity contribution in [1.82, 2.24) is 15.2 Å². The lowest BCUT2D eigenvalue weighted by Gasteiger charge is -1.86. The van der Waals surface area contributed by atoms with E-state index in [1.54, 1.807) is 29.3 Å². The van der Waals surface area contributed by atoms with E-state index in [2.05, 4.69) is 15.2 Å². The first-order chi connectivity index (χ1) is 7.69. The van der Waals surface area contributed by atoms with Gasteiger partial charge < -0.3 is 10.1 Å². The second-order valence-electron chi connectivity index (χ2n) is 2.69. The number of hydrogen-bond donors (Lipinski definition) is 0. The first-order valence-electron chi connectivity index (χ1n) is 4.14. The maximum Gasteiger partial charge on any atom is 0.450 e. The molecule has 0 aliphatic carbocycles. The summed E-state index contributed by atoms with van der Waals surface area (Å²) in [5.74, 6) is 0. The average molecular weight is 274 g/mol. The van der Waals surface area contributed by atoms with Crippen LogP contribution in [0.4, 0.5) is 5.13 Å². The Balaban J connectivity index is 2.11. The molecular weight excluding hydrogens is 268 g/mol. The second kappa shape index (κ2) is 4.85. The first-order valence-corrected chi connectivity index (χ1v) is 7.00. The number of hydrogen-bond acceptors (Lipinski definition) is 8. The standard InChI is InChI=1S/C7H6N4O2S3/c1-14-6-3-8-4(15-6)2-5-9-10-7(16-5)11(12)13/h3H,2H2,1H3. The number of rotatable bonds is 4. The molecule has 0 saturated heterocycles. The highest BCUT2D eigenvalue weighted by Crippen LogP contribution is 2.26. The largest absolute Gasteiger partial charge is 0.450 e. The van der Waals surface area contributed by atoms with E-state index in [1.807, 2.05) is 6.26 Å². The third-order valence-corrected chi connectivity index (χ3v) is 4.57. The number of thiazole rings is 1. The molecule has 6 nitrogen and oxygen atoms in total. The maximum absolute atomic E-state index is 10.4. The lowest BCUT2D eigenvalue weighted by molar-refractivity contribution is -0.385. The molecule has 0 unspecified atom stereocenters. The van der Waals surface area contributed by atoms with Crippen molar-refractivity contribution in [2.24, 2.45) is 0 Å². The molecule has 0 aliphatic rings. The Bertz CT molecular complexity index is 509. The van der Waals surface area contributed by atoms with E-state index in [4.69, 9.17) is 0 Å². The number of nitrogens with zero attached hydrogens (tertiary/aromatic N) is 4. The summed E-state index contributed by atoms with van der Waals surface area (Å²) in [6.07, 6.45) is 4.28. The molecule has 0 atom stereocenters. The molecule has 2 aromatic rings. The van der Waals surface area contributed by atoms with E-state index in [0.717, 1.165) is 20.6 Å². The van der Waals surface area contributed by atoms with Crippen LogP contribution in [0.1, 0.15) is 10.0 Å². The predicted molar refractivity (Wildman–Crippen MR) is 63.3 cm³/mol. The van der Waals surface area contributed by atoms with Crippen LogP contribution in [0.15, 0.2) is 10.4 Å². The zero-order valence-electron chi connectivity index (χ0n) is 8.11. The van der Waals surface area contributed by atoms with Gasteiger partial charge in [-0.1, -0.05) is 0 Å². The second-order valence-corrected chi connectivity index (χ2v) is 5.95. The summed E-state index contributed by atoms with van der Waals surface area (Å²) in [5, 5.41) is 19.0. The molecular formula is C7H6N4O2S3. The minimum atomic E-state index is -0.531. The summed E-state index contributed by atoms with van der Waals surface area (Å²) < 4.78 is 1.12. The van der Waals surface area contributed by atoms with Crippen LogP contribution in [0, 0.1) is 10.1 Å².